The summed E-state index contributed by atoms with van der Waals surface area (Å²) in [6.45, 7) is 9.90. The fourth-order valence-corrected chi connectivity index (χ4v) is 12.0. The van der Waals surface area contributed by atoms with E-state index in [9.17, 15) is 40.5 Å². The number of carbonyl (C=O) groups excluding carboxylic acids is 1. The van der Waals surface area contributed by atoms with Gasteiger partial charge in [-0.05, 0) is 85.1 Å². The molecule has 0 radical (unpaired) electrons. The van der Waals surface area contributed by atoms with E-state index in [1.807, 2.05) is 20.8 Å². The van der Waals surface area contributed by atoms with Crippen molar-refractivity contribution in [3.63, 3.8) is 0 Å². The summed E-state index contributed by atoms with van der Waals surface area (Å²) in [5.41, 5.74) is -4.62. The number of benzene rings is 1. The molecule has 1 heterocycles. The van der Waals surface area contributed by atoms with Crippen molar-refractivity contribution in [2.24, 2.45) is 40.4 Å². The monoisotopic (exact) mass is 626 g/mol. The van der Waals surface area contributed by atoms with E-state index in [2.05, 4.69) is 6.92 Å². The average molecular weight is 627 g/mol. The van der Waals surface area contributed by atoms with Crippen LogP contribution in [0.4, 0.5) is 0 Å². The SMILES string of the molecule is C[C@H]1[C@@H](C)CCC[C@]2(O[C@H]3C[C@]4(O)C5=CC(=O)[C@H]6[C@@H](c7ccc(O)c(O)c7)[C@@H](O)[C@@H](O)C[C@]6(C)[C@@H]5CC[C@]4(C)[C@@H]3[C@@]2(C)O)[C@H]1O. The van der Waals surface area contributed by atoms with E-state index in [0.29, 0.717) is 30.4 Å². The van der Waals surface area contributed by atoms with Crippen LogP contribution in [0.2, 0.25) is 0 Å². The molecule has 5 aliphatic carbocycles. The van der Waals surface area contributed by atoms with Gasteiger partial charge in [0.15, 0.2) is 17.3 Å². The zero-order valence-electron chi connectivity index (χ0n) is 27.0. The molecule has 4 saturated carbocycles. The Labute approximate surface area is 264 Å². The molecule has 7 rings (SSSR count). The quantitative estimate of drug-likeness (QED) is 0.231. The molecule has 45 heavy (non-hydrogen) atoms. The van der Waals surface area contributed by atoms with Crippen molar-refractivity contribution in [2.75, 3.05) is 0 Å². The molecule has 0 unspecified atom stereocenters. The van der Waals surface area contributed by atoms with Gasteiger partial charge in [0.2, 0.25) is 0 Å². The van der Waals surface area contributed by atoms with Gasteiger partial charge in [0.1, 0.15) is 5.60 Å². The smallest absolute Gasteiger partial charge is 0.160 e. The third kappa shape index (κ3) is 3.80. The Balaban J connectivity index is 1.29. The second-order valence-corrected chi connectivity index (χ2v) is 16.4. The largest absolute Gasteiger partial charge is 0.504 e. The van der Waals surface area contributed by atoms with Crippen LogP contribution in [-0.2, 0) is 9.53 Å². The van der Waals surface area contributed by atoms with Gasteiger partial charge in [0.05, 0.1) is 35.6 Å². The maximum Gasteiger partial charge on any atom is 0.160 e. The molecule has 1 aromatic rings. The average Bonchev–Trinajstić information content (AvgIpc) is 3.29. The Bertz CT molecular complexity index is 1440. The van der Waals surface area contributed by atoms with E-state index in [0.717, 1.165) is 12.8 Å². The van der Waals surface area contributed by atoms with E-state index >= 15 is 0 Å². The minimum Gasteiger partial charge on any atom is -0.504 e. The highest BCUT2D eigenvalue weighted by molar-refractivity contribution is 5.96. The molecule has 1 saturated heterocycles. The van der Waals surface area contributed by atoms with Gasteiger partial charge in [-0.15, -0.1) is 0 Å². The van der Waals surface area contributed by atoms with Crippen LogP contribution in [0.15, 0.2) is 29.8 Å². The van der Waals surface area contributed by atoms with Crippen LogP contribution in [0.25, 0.3) is 0 Å². The molecule has 5 fully saturated rings. The highest BCUT2D eigenvalue weighted by Gasteiger charge is 2.79. The fourth-order valence-electron chi connectivity index (χ4n) is 12.0. The van der Waals surface area contributed by atoms with Crippen LogP contribution < -0.4 is 0 Å². The van der Waals surface area contributed by atoms with E-state index in [4.69, 9.17) is 4.74 Å². The molecule has 9 nitrogen and oxygen atoms in total. The molecule has 7 N–H and O–H groups in total. The predicted molar refractivity (Wildman–Crippen MR) is 164 cm³/mol. The number of hydrogen-bond acceptors (Lipinski definition) is 9. The van der Waals surface area contributed by atoms with Gasteiger partial charge in [0.25, 0.3) is 0 Å². The Morgan fingerprint density at radius 3 is 2.33 bits per heavy atom. The minimum absolute atomic E-state index is 0.0627. The predicted octanol–water partition coefficient (Wildman–Crippen LogP) is 3.31. The van der Waals surface area contributed by atoms with Gasteiger partial charge < -0.3 is 40.5 Å². The number of allylic oxidation sites excluding steroid dienone is 1. The Morgan fingerprint density at radius 2 is 1.64 bits per heavy atom. The number of rotatable bonds is 1. The van der Waals surface area contributed by atoms with Crippen molar-refractivity contribution in [3.05, 3.63) is 35.4 Å². The maximum absolute atomic E-state index is 14.3. The molecule has 15 atom stereocenters. The Morgan fingerprint density at radius 1 is 0.933 bits per heavy atom. The first kappa shape index (κ1) is 31.6. The lowest BCUT2D eigenvalue weighted by Gasteiger charge is -2.62. The van der Waals surface area contributed by atoms with Crippen molar-refractivity contribution in [1.29, 1.82) is 0 Å². The second-order valence-electron chi connectivity index (χ2n) is 16.4. The summed E-state index contributed by atoms with van der Waals surface area (Å²) in [7, 11) is 0. The standard InChI is InChI=1S/C36H50O9/c1-17-7-6-11-36(31(42)18(17)2)34(5,43)30-26(45-36)16-35(44)21-14-24(39)28-27(19-8-9-22(37)23(38)13-19)29(41)25(40)15-32(28,3)20(21)10-12-33(30,35)4/h8-9,13-14,17-18,20,25-31,37-38,40-44H,6-7,10-12,15-16H2,1-5H3/t17-,18-,20+,25-,26-,27+,28-,29-,30+,31-,32+,33+,34+,35-,36-/m0/s1. The van der Waals surface area contributed by atoms with Crippen LogP contribution in [-0.4, -0.2) is 82.7 Å². The lowest BCUT2D eigenvalue weighted by Crippen LogP contribution is -2.66. The molecule has 1 spiro atoms. The van der Waals surface area contributed by atoms with Crippen molar-refractivity contribution in [1.82, 2.24) is 0 Å². The summed E-state index contributed by atoms with van der Waals surface area (Å²) in [6, 6.07) is 4.23. The number of aliphatic hydroxyl groups excluding tert-OH is 3. The van der Waals surface area contributed by atoms with Gasteiger partial charge >= 0.3 is 0 Å². The number of ketones is 1. The van der Waals surface area contributed by atoms with Crippen molar-refractivity contribution in [2.45, 2.75) is 127 Å². The molecular formula is C36H50O9. The van der Waals surface area contributed by atoms with Crippen molar-refractivity contribution < 1.29 is 45.3 Å². The molecule has 0 aromatic heterocycles. The summed E-state index contributed by atoms with van der Waals surface area (Å²) in [6.07, 6.45) is 1.59. The van der Waals surface area contributed by atoms with E-state index in [1.54, 1.807) is 19.1 Å². The summed E-state index contributed by atoms with van der Waals surface area (Å²) in [5.74, 6) is -3.02. The third-order valence-electron chi connectivity index (χ3n) is 14.5. The molecule has 6 aliphatic rings. The second kappa shape index (κ2) is 9.77. The number of ether oxygens (including phenoxy) is 1. The molecule has 1 aliphatic heterocycles. The van der Waals surface area contributed by atoms with Crippen LogP contribution in [0, 0.1) is 40.4 Å². The fraction of sp³-hybridized carbons (Fsp3) is 0.750. The van der Waals surface area contributed by atoms with Crippen LogP contribution in [0.5, 0.6) is 11.5 Å². The van der Waals surface area contributed by atoms with Gasteiger partial charge in [-0.1, -0.05) is 46.6 Å². The normalized spacial score (nSPS) is 54.1. The summed E-state index contributed by atoms with van der Waals surface area (Å²) >= 11 is 0. The highest BCUT2D eigenvalue weighted by Crippen LogP contribution is 2.73. The summed E-state index contributed by atoms with van der Waals surface area (Å²) in [4.78, 5) is 14.3. The summed E-state index contributed by atoms with van der Waals surface area (Å²) in [5, 5.41) is 79.7. The number of hydrogen-bond donors (Lipinski definition) is 7. The number of aliphatic hydroxyl groups is 5. The van der Waals surface area contributed by atoms with Crippen LogP contribution in [0.3, 0.4) is 0 Å². The summed E-state index contributed by atoms with van der Waals surface area (Å²) < 4.78 is 6.84. The van der Waals surface area contributed by atoms with Gasteiger partial charge in [-0.2, -0.15) is 0 Å². The first-order chi connectivity index (χ1) is 20.9. The number of phenols is 2. The van der Waals surface area contributed by atoms with Gasteiger partial charge in [-0.25, -0.2) is 0 Å². The zero-order chi connectivity index (χ0) is 32.6. The number of fused-ring (bicyclic) bond motifs is 7. The topological polar surface area (TPSA) is 168 Å². The lowest BCUT2D eigenvalue weighted by atomic mass is 9.43. The first-order valence-corrected chi connectivity index (χ1v) is 16.9. The van der Waals surface area contributed by atoms with Gasteiger partial charge in [-0.3, -0.25) is 4.79 Å². The highest BCUT2D eigenvalue weighted by atomic mass is 16.6. The molecule has 248 valence electrons. The van der Waals surface area contributed by atoms with Gasteiger partial charge in [0, 0.05) is 29.6 Å². The Hall–Kier alpha value is -2.01. The van der Waals surface area contributed by atoms with E-state index in [-0.39, 0.29) is 47.9 Å². The van der Waals surface area contributed by atoms with Crippen LogP contribution >= 0.6 is 0 Å². The maximum atomic E-state index is 14.3. The molecular weight excluding hydrogens is 576 g/mol. The molecule has 1 aromatic carbocycles. The molecule has 9 heteroatoms. The minimum atomic E-state index is -1.46. The molecule has 0 amide bonds. The third-order valence-corrected chi connectivity index (χ3v) is 14.5. The Kier molecular flexibility index (Phi) is 6.85. The van der Waals surface area contributed by atoms with E-state index in [1.165, 1.54) is 12.1 Å². The van der Waals surface area contributed by atoms with E-state index < -0.39 is 69.8 Å². The first-order valence-electron chi connectivity index (χ1n) is 16.9. The lowest BCUT2D eigenvalue weighted by molar-refractivity contribution is -0.223. The number of phenolic OH excluding ortho intramolecular Hbond substituents is 2. The van der Waals surface area contributed by atoms with Crippen molar-refractivity contribution in [3.8, 4) is 11.5 Å². The van der Waals surface area contributed by atoms with Crippen LogP contribution in [0.1, 0.15) is 91.0 Å². The van der Waals surface area contributed by atoms with Crippen molar-refractivity contribution >= 4 is 5.78 Å². The molecule has 0 bridgehead atoms. The zero-order valence-corrected chi connectivity index (χ0v) is 27.0. The number of aromatic hydroxyl groups is 2. The number of carbonyl (C=O) groups is 1.